The SMILES string of the molecule is COc1cc(C)c(C(=O)N2CCC(C(C)N)CC2)cc1OC. The Labute approximate surface area is 132 Å². The van der Waals surface area contributed by atoms with Gasteiger partial charge < -0.3 is 20.1 Å². The molecule has 1 unspecified atom stereocenters. The largest absolute Gasteiger partial charge is 0.493 e. The van der Waals surface area contributed by atoms with Crippen molar-refractivity contribution in [1.82, 2.24) is 4.90 Å². The molecule has 1 aliphatic heterocycles. The van der Waals surface area contributed by atoms with Crippen LogP contribution in [0.4, 0.5) is 0 Å². The van der Waals surface area contributed by atoms with Gasteiger partial charge in [-0.15, -0.1) is 0 Å². The number of amides is 1. The fourth-order valence-electron chi connectivity index (χ4n) is 3.01. The number of benzene rings is 1. The molecular formula is C17H26N2O3. The summed E-state index contributed by atoms with van der Waals surface area (Å²) in [5.41, 5.74) is 7.54. The van der Waals surface area contributed by atoms with Crippen LogP contribution in [0.5, 0.6) is 11.5 Å². The highest BCUT2D eigenvalue weighted by Gasteiger charge is 2.26. The van der Waals surface area contributed by atoms with Gasteiger partial charge >= 0.3 is 0 Å². The molecule has 1 heterocycles. The lowest BCUT2D eigenvalue weighted by Crippen LogP contribution is -2.42. The zero-order chi connectivity index (χ0) is 16.3. The quantitative estimate of drug-likeness (QED) is 0.926. The summed E-state index contributed by atoms with van der Waals surface area (Å²) in [7, 11) is 3.17. The molecule has 2 rings (SSSR count). The number of piperidine rings is 1. The molecule has 1 saturated heterocycles. The van der Waals surface area contributed by atoms with E-state index in [9.17, 15) is 4.79 Å². The molecule has 0 radical (unpaired) electrons. The summed E-state index contributed by atoms with van der Waals surface area (Å²) in [5.74, 6) is 1.80. The summed E-state index contributed by atoms with van der Waals surface area (Å²) in [6.07, 6.45) is 1.94. The summed E-state index contributed by atoms with van der Waals surface area (Å²) in [6.45, 7) is 5.49. The number of carbonyl (C=O) groups excluding carboxylic acids is 1. The molecule has 0 spiro atoms. The van der Waals surface area contributed by atoms with Crippen molar-refractivity contribution in [3.8, 4) is 11.5 Å². The maximum Gasteiger partial charge on any atom is 0.254 e. The van der Waals surface area contributed by atoms with Crippen LogP contribution in [0, 0.1) is 12.8 Å². The molecule has 1 aromatic carbocycles. The normalized spacial score (nSPS) is 17.2. The van der Waals surface area contributed by atoms with Crippen molar-refractivity contribution in [3.63, 3.8) is 0 Å². The maximum atomic E-state index is 12.8. The summed E-state index contributed by atoms with van der Waals surface area (Å²) in [5, 5.41) is 0. The molecule has 1 atom stereocenters. The molecule has 0 bridgehead atoms. The van der Waals surface area contributed by atoms with Gasteiger partial charge in [-0.05, 0) is 50.3 Å². The molecule has 0 saturated carbocycles. The Balaban J connectivity index is 2.16. The van der Waals surface area contributed by atoms with E-state index in [1.54, 1.807) is 20.3 Å². The summed E-state index contributed by atoms with van der Waals surface area (Å²) >= 11 is 0. The smallest absolute Gasteiger partial charge is 0.254 e. The molecule has 22 heavy (non-hydrogen) atoms. The minimum atomic E-state index is 0.0570. The first-order valence-electron chi connectivity index (χ1n) is 7.75. The number of hydrogen-bond acceptors (Lipinski definition) is 4. The second-order valence-corrected chi connectivity index (χ2v) is 6.01. The summed E-state index contributed by atoms with van der Waals surface area (Å²) in [6, 6.07) is 3.81. The lowest BCUT2D eigenvalue weighted by Gasteiger charge is -2.34. The molecule has 1 fully saturated rings. The predicted octanol–water partition coefficient (Wildman–Crippen LogP) is 2.21. The summed E-state index contributed by atoms with van der Waals surface area (Å²) < 4.78 is 10.6. The Kier molecular flexibility index (Phi) is 5.29. The topological polar surface area (TPSA) is 64.8 Å². The first-order chi connectivity index (χ1) is 10.5. The van der Waals surface area contributed by atoms with E-state index >= 15 is 0 Å². The van der Waals surface area contributed by atoms with Gasteiger partial charge in [-0.2, -0.15) is 0 Å². The van der Waals surface area contributed by atoms with Crippen LogP contribution in [0.1, 0.15) is 35.7 Å². The van der Waals surface area contributed by atoms with Gasteiger partial charge in [0.05, 0.1) is 14.2 Å². The second-order valence-electron chi connectivity index (χ2n) is 6.01. The third kappa shape index (κ3) is 3.35. The van der Waals surface area contributed by atoms with Crippen molar-refractivity contribution in [3.05, 3.63) is 23.3 Å². The van der Waals surface area contributed by atoms with Gasteiger partial charge in [0, 0.05) is 24.7 Å². The van der Waals surface area contributed by atoms with Crippen LogP contribution in [0.2, 0.25) is 0 Å². The van der Waals surface area contributed by atoms with Gasteiger partial charge in [-0.3, -0.25) is 4.79 Å². The number of likely N-dealkylation sites (tertiary alicyclic amines) is 1. The molecular weight excluding hydrogens is 280 g/mol. The predicted molar refractivity (Wildman–Crippen MR) is 86.6 cm³/mol. The molecule has 1 aromatic rings. The Morgan fingerprint density at radius 1 is 1.23 bits per heavy atom. The lowest BCUT2D eigenvalue weighted by molar-refractivity contribution is 0.0680. The number of carbonyl (C=O) groups is 1. The highest BCUT2D eigenvalue weighted by molar-refractivity contribution is 5.96. The number of hydrogen-bond donors (Lipinski definition) is 1. The van der Waals surface area contributed by atoms with Crippen molar-refractivity contribution >= 4 is 5.91 Å². The van der Waals surface area contributed by atoms with E-state index in [1.807, 2.05) is 24.8 Å². The average molecular weight is 306 g/mol. The molecule has 2 N–H and O–H groups in total. The van der Waals surface area contributed by atoms with Crippen molar-refractivity contribution in [2.45, 2.75) is 32.7 Å². The molecule has 122 valence electrons. The third-order valence-corrected chi connectivity index (χ3v) is 4.53. The number of ether oxygens (including phenoxy) is 2. The van der Waals surface area contributed by atoms with Crippen LogP contribution in [-0.4, -0.2) is 44.2 Å². The van der Waals surface area contributed by atoms with E-state index in [1.165, 1.54) is 0 Å². The molecule has 1 amide bonds. The number of rotatable bonds is 4. The zero-order valence-electron chi connectivity index (χ0n) is 13.9. The van der Waals surface area contributed by atoms with Crippen LogP contribution in [0.25, 0.3) is 0 Å². The zero-order valence-corrected chi connectivity index (χ0v) is 13.9. The van der Waals surface area contributed by atoms with Gasteiger partial charge in [0.2, 0.25) is 0 Å². The molecule has 0 aromatic heterocycles. The average Bonchev–Trinajstić information content (AvgIpc) is 2.53. The van der Waals surface area contributed by atoms with E-state index < -0.39 is 0 Å². The summed E-state index contributed by atoms with van der Waals surface area (Å²) in [4.78, 5) is 14.7. The van der Waals surface area contributed by atoms with Crippen LogP contribution < -0.4 is 15.2 Å². The fraction of sp³-hybridized carbons (Fsp3) is 0.588. The highest BCUT2D eigenvalue weighted by atomic mass is 16.5. The number of methoxy groups -OCH3 is 2. The van der Waals surface area contributed by atoms with E-state index in [0.29, 0.717) is 23.0 Å². The van der Waals surface area contributed by atoms with Crippen molar-refractivity contribution in [2.75, 3.05) is 27.3 Å². The third-order valence-electron chi connectivity index (χ3n) is 4.53. The van der Waals surface area contributed by atoms with Crippen LogP contribution in [0.15, 0.2) is 12.1 Å². The van der Waals surface area contributed by atoms with Crippen molar-refractivity contribution in [2.24, 2.45) is 11.7 Å². The van der Waals surface area contributed by atoms with Gasteiger partial charge in [0.15, 0.2) is 11.5 Å². The number of nitrogens with two attached hydrogens (primary N) is 1. The molecule has 1 aliphatic rings. The minimum Gasteiger partial charge on any atom is -0.493 e. The first kappa shape index (κ1) is 16.6. The van der Waals surface area contributed by atoms with E-state index in [2.05, 4.69) is 0 Å². The number of aryl methyl sites for hydroxylation is 1. The Morgan fingerprint density at radius 3 is 2.27 bits per heavy atom. The van der Waals surface area contributed by atoms with Gasteiger partial charge in [-0.25, -0.2) is 0 Å². The van der Waals surface area contributed by atoms with E-state index in [4.69, 9.17) is 15.2 Å². The molecule has 5 heteroatoms. The Hall–Kier alpha value is -1.75. The van der Waals surface area contributed by atoms with Crippen LogP contribution in [-0.2, 0) is 0 Å². The first-order valence-corrected chi connectivity index (χ1v) is 7.75. The Morgan fingerprint density at radius 2 is 1.77 bits per heavy atom. The monoisotopic (exact) mass is 306 g/mol. The molecule has 0 aliphatic carbocycles. The maximum absolute atomic E-state index is 12.8. The van der Waals surface area contributed by atoms with Gasteiger partial charge in [-0.1, -0.05) is 0 Å². The van der Waals surface area contributed by atoms with E-state index in [-0.39, 0.29) is 11.9 Å². The highest BCUT2D eigenvalue weighted by Crippen LogP contribution is 2.31. The van der Waals surface area contributed by atoms with Crippen LogP contribution in [0.3, 0.4) is 0 Å². The molecule has 5 nitrogen and oxygen atoms in total. The van der Waals surface area contributed by atoms with E-state index in [0.717, 1.165) is 31.5 Å². The Bertz CT molecular complexity index is 535. The van der Waals surface area contributed by atoms with Crippen molar-refractivity contribution in [1.29, 1.82) is 0 Å². The lowest BCUT2D eigenvalue weighted by atomic mass is 9.90. The van der Waals surface area contributed by atoms with Gasteiger partial charge in [0.25, 0.3) is 5.91 Å². The van der Waals surface area contributed by atoms with Gasteiger partial charge in [0.1, 0.15) is 0 Å². The number of nitrogens with zero attached hydrogens (tertiary/aromatic N) is 1. The van der Waals surface area contributed by atoms with Crippen molar-refractivity contribution < 1.29 is 14.3 Å². The standard InChI is InChI=1S/C17H26N2O3/c1-11-9-15(21-3)16(22-4)10-14(11)17(20)19-7-5-13(6-8-19)12(2)18/h9-10,12-13H,5-8,18H2,1-4H3. The van der Waals surface area contributed by atoms with Crippen LogP contribution >= 0.6 is 0 Å². The second kappa shape index (κ2) is 7.01. The minimum absolute atomic E-state index is 0.0570. The fourth-order valence-corrected chi connectivity index (χ4v) is 3.01.